The summed E-state index contributed by atoms with van der Waals surface area (Å²) in [6.07, 6.45) is 13.9. The van der Waals surface area contributed by atoms with Crippen LogP contribution in [0.4, 0.5) is 0 Å². The maximum atomic E-state index is 13.2. The van der Waals surface area contributed by atoms with E-state index < -0.39 is 33.0 Å². The Morgan fingerprint density at radius 1 is 1.03 bits per heavy atom. The number of carbonyl (C=O) groups is 4. The quantitative estimate of drug-likeness (QED) is 0.121. The minimum absolute atomic E-state index is 0.0318. The average molecular weight is 717 g/mol. The van der Waals surface area contributed by atoms with Crippen molar-refractivity contribution in [1.29, 1.82) is 0 Å². The predicted molar refractivity (Wildman–Crippen MR) is 137 cm³/mol. The van der Waals surface area contributed by atoms with E-state index >= 15 is 0 Å². The van der Waals surface area contributed by atoms with Gasteiger partial charge < -0.3 is 0 Å². The van der Waals surface area contributed by atoms with Crippen molar-refractivity contribution in [2.45, 2.75) is 102 Å². The van der Waals surface area contributed by atoms with Gasteiger partial charge in [-0.25, -0.2) is 0 Å². The van der Waals surface area contributed by atoms with Gasteiger partial charge in [-0.1, -0.05) is 52.7 Å². The van der Waals surface area contributed by atoms with E-state index in [0.717, 1.165) is 9.49 Å². The molecular formula is C29H40BI2O4-2. The zero-order valence-electron chi connectivity index (χ0n) is 22.0. The number of hydrogen-bond donors (Lipinski definition) is 0. The Morgan fingerprint density at radius 2 is 1.78 bits per heavy atom. The molecule has 3 atom stereocenters. The third-order valence-corrected chi connectivity index (χ3v) is 13.7. The number of Topliss-reactive ketones (excluding diaryl/α,β-unsaturated/α-hetero) is 2. The van der Waals surface area contributed by atoms with Crippen LogP contribution in [0.5, 0.6) is 0 Å². The number of fused-ring (bicyclic) bond motifs is 1. The van der Waals surface area contributed by atoms with Crippen LogP contribution in [-0.2, 0) is 9.59 Å². The van der Waals surface area contributed by atoms with Crippen molar-refractivity contribution in [3.05, 3.63) is 32.9 Å². The van der Waals surface area contributed by atoms with Crippen molar-refractivity contribution in [1.82, 2.24) is 0 Å². The molecule has 1 aromatic rings. The van der Waals surface area contributed by atoms with Crippen molar-refractivity contribution in [2.24, 2.45) is 17.8 Å². The topological polar surface area (TPSA) is 68.3 Å². The molecule has 0 spiro atoms. The van der Waals surface area contributed by atoms with E-state index in [2.05, 4.69) is 28.0 Å². The molecule has 1 aliphatic heterocycles. The molecule has 2 fully saturated rings. The van der Waals surface area contributed by atoms with Crippen molar-refractivity contribution in [2.75, 3.05) is 0 Å². The maximum absolute atomic E-state index is 13.2. The van der Waals surface area contributed by atoms with Gasteiger partial charge in [0.15, 0.2) is 0 Å². The second-order valence-electron chi connectivity index (χ2n) is 10.2. The fourth-order valence-electron chi connectivity index (χ4n) is 5.42. The molecule has 1 saturated carbocycles. The van der Waals surface area contributed by atoms with Gasteiger partial charge in [0.1, 0.15) is 7.28 Å². The SMILES string of the molecule is C[B]CC(CC)CCCC.O=C1CCC(C2C(=O)c3cccc([I-]C4CCCCC4)c3C2=O)C(=O)[I-]1. The van der Waals surface area contributed by atoms with E-state index in [0.29, 0.717) is 27.9 Å². The zero-order chi connectivity index (χ0) is 26.1. The Hall–Kier alpha value is -0.575. The normalized spacial score (nSPS) is 23.5. The molecule has 4 nitrogen and oxygen atoms in total. The van der Waals surface area contributed by atoms with Gasteiger partial charge in [0.2, 0.25) is 0 Å². The van der Waals surface area contributed by atoms with Crippen LogP contribution < -0.4 is 42.4 Å². The first kappa shape index (κ1) is 30.0. The molecular weight excluding hydrogens is 677 g/mol. The first-order valence-corrected chi connectivity index (χ1v) is 18.2. The van der Waals surface area contributed by atoms with Gasteiger partial charge in [0.25, 0.3) is 0 Å². The molecule has 199 valence electrons. The van der Waals surface area contributed by atoms with Crippen LogP contribution in [0.25, 0.3) is 0 Å². The van der Waals surface area contributed by atoms with Crippen LogP contribution >= 0.6 is 0 Å². The molecule has 7 heteroatoms. The second-order valence-corrected chi connectivity index (χ2v) is 16.5. The number of halogens is 2. The number of alkyl halides is 1. The van der Waals surface area contributed by atoms with Crippen molar-refractivity contribution >= 4 is 26.4 Å². The van der Waals surface area contributed by atoms with Crippen LogP contribution in [0.3, 0.4) is 0 Å². The van der Waals surface area contributed by atoms with Gasteiger partial charge in [0.05, 0.1) is 0 Å². The summed E-state index contributed by atoms with van der Waals surface area (Å²) in [5.74, 6) is -0.788. The summed E-state index contributed by atoms with van der Waals surface area (Å²) in [6, 6.07) is 5.66. The third kappa shape index (κ3) is 7.73. The Labute approximate surface area is 238 Å². The zero-order valence-corrected chi connectivity index (χ0v) is 26.3. The van der Waals surface area contributed by atoms with Crippen LogP contribution in [0.2, 0.25) is 13.1 Å². The van der Waals surface area contributed by atoms with Crippen molar-refractivity contribution in [3.8, 4) is 0 Å². The van der Waals surface area contributed by atoms with Crippen LogP contribution in [-0.4, -0.2) is 30.4 Å². The van der Waals surface area contributed by atoms with Crippen LogP contribution in [0, 0.1) is 21.3 Å². The first-order chi connectivity index (χ1) is 17.4. The Kier molecular flexibility index (Phi) is 12.6. The monoisotopic (exact) mass is 717 g/mol. The standard InChI is InChI=1S/C20H20I2O4.C9H20B/c23-15-10-9-13(20(26)22-15)17-18(24)12-7-4-8-14(16(12)19(17)25)21-11-5-2-1-3-6-11;1-4-6-7-9(5-2)8-10-3/h4,7-8,11,13,17H,1-3,5-6,9-10H2;9H,4-8H2,1-3H3/q-2;. The number of carbonyl (C=O) groups excluding carboxylic acids is 4. The Bertz CT molecular complexity index is 941. The third-order valence-electron chi connectivity index (χ3n) is 7.55. The van der Waals surface area contributed by atoms with E-state index in [-0.39, 0.29) is 40.4 Å². The van der Waals surface area contributed by atoms with E-state index in [9.17, 15) is 19.2 Å². The van der Waals surface area contributed by atoms with Gasteiger partial charge in [-0.3, -0.25) is 0 Å². The molecule has 2 aliphatic carbocycles. The molecule has 36 heavy (non-hydrogen) atoms. The summed E-state index contributed by atoms with van der Waals surface area (Å²) in [5, 5.41) is 0. The summed E-state index contributed by atoms with van der Waals surface area (Å²) in [6.45, 7) is 6.72. The van der Waals surface area contributed by atoms with Gasteiger partial charge in [0, 0.05) is 0 Å². The fourth-order valence-corrected chi connectivity index (χ4v) is 11.4. The summed E-state index contributed by atoms with van der Waals surface area (Å²) in [4.78, 5) is 50.0. The van der Waals surface area contributed by atoms with E-state index in [4.69, 9.17) is 0 Å². The summed E-state index contributed by atoms with van der Waals surface area (Å²) in [7, 11) is 2.30. The molecule has 4 rings (SSSR count). The Balaban J connectivity index is 0.000000308. The molecule has 1 aromatic carbocycles. The first-order valence-electron chi connectivity index (χ1n) is 13.7. The summed E-state index contributed by atoms with van der Waals surface area (Å²) in [5.41, 5.74) is 1.14. The van der Waals surface area contributed by atoms with Crippen LogP contribution in [0.15, 0.2) is 18.2 Å². The molecule has 0 N–H and O–H groups in total. The van der Waals surface area contributed by atoms with Crippen LogP contribution in [0.1, 0.15) is 105 Å². The number of hydrogen-bond acceptors (Lipinski definition) is 4. The number of rotatable bonds is 9. The summed E-state index contributed by atoms with van der Waals surface area (Å²) >= 11 is -1.49. The van der Waals surface area contributed by atoms with E-state index in [1.807, 2.05) is 12.1 Å². The molecule has 1 radical (unpaired) electrons. The predicted octanol–water partition coefficient (Wildman–Crippen LogP) is 0.199. The van der Waals surface area contributed by atoms with Gasteiger partial charge in [-0.2, -0.15) is 0 Å². The molecule has 3 aliphatic rings. The number of ketones is 2. The molecule has 0 aromatic heterocycles. The minimum atomic E-state index is -1.18. The summed E-state index contributed by atoms with van der Waals surface area (Å²) < 4.78 is 1.69. The molecule has 1 heterocycles. The van der Waals surface area contributed by atoms with Gasteiger partial charge >= 0.3 is 174 Å². The van der Waals surface area contributed by atoms with Crippen molar-refractivity contribution < 1.29 is 61.6 Å². The molecule has 1 saturated heterocycles. The molecule has 3 unspecified atom stereocenters. The van der Waals surface area contributed by atoms with Gasteiger partial charge in [-0.15, -0.1) is 0 Å². The van der Waals surface area contributed by atoms with Crippen molar-refractivity contribution in [3.63, 3.8) is 0 Å². The number of unbranched alkanes of at least 4 members (excludes halogenated alkanes) is 1. The van der Waals surface area contributed by atoms with E-state index in [1.165, 1.54) is 64.1 Å². The molecule has 0 amide bonds. The van der Waals surface area contributed by atoms with Gasteiger partial charge in [-0.05, 0) is 5.92 Å². The second kappa shape index (κ2) is 15.1. The Morgan fingerprint density at radius 3 is 2.42 bits per heavy atom. The fraction of sp³-hybridized carbons (Fsp3) is 0.655. The average Bonchev–Trinajstić information content (AvgIpc) is 3.13. The van der Waals surface area contributed by atoms with E-state index in [1.54, 1.807) is 6.07 Å². The number of benzene rings is 1. The molecule has 0 bridgehead atoms.